The van der Waals surface area contributed by atoms with E-state index < -0.39 is 0 Å². The van der Waals surface area contributed by atoms with Gasteiger partial charge in [0, 0.05) is 25.2 Å². The number of morpholine rings is 1. The van der Waals surface area contributed by atoms with E-state index in [9.17, 15) is 4.79 Å². The van der Waals surface area contributed by atoms with Gasteiger partial charge in [0.15, 0.2) is 11.5 Å². The van der Waals surface area contributed by atoms with Crippen LogP contribution in [0.25, 0.3) is 0 Å². The van der Waals surface area contributed by atoms with Crippen LogP contribution in [0.4, 0.5) is 0 Å². The van der Waals surface area contributed by atoms with Crippen molar-refractivity contribution in [3.8, 4) is 11.5 Å². The maximum Gasteiger partial charge on any atom is 0.254 e. The molecule has 0 aliphatic carbocycles. The summed E-state index contributed by atoms with van der Waals surface area (Å²) >= 11 is 0. The van der Waals surface area contributed by atoms with Crippen LogP contribution in [-0.2, 0) is 4.74 Å². The van der Waals surface area contributed by atoms with Crippen molar-refractivity contribution in [1.82, 2.24) is 9.80 Å². The molecule has 0 unspecified atom stereocenters. The molecule has 2 aliphatic heterocycles. The normalized spacial score (nSPS) is 24.9. The lowest BCUT2D eigenvalue weighted by molar-refractivity contribution is -0.0869. The van der Waals surface area contributed by atoms with Crippen LogP contribution in [0.1, 0.15) is 16.8 Å². The zero-order valence-electron chi connectivity index (χ0n) is 13.9. The summed E-state index contributed by atoms with van der Waals surface area (Å²) in [6.45, 7) is 3.09. The monoisotopic (exact) mass is 320 g/mol. The number of amides is 1. The summed E-state index contributed by atoms with van der Waals surface area (Å²) in [6, 6.07) is 5.43. The molecule has 6 heteroatoms. The third-order valence-corrected chi connectivity index (χ3v) is 4.68. The van der Waals surface area contributed by atoms with Gasteiger partial charge in [0.2, 0.25) is 0 Å². The molecule has 126 valence electrons. The number of piperidine rings is 1. The summed E-state index contributed by atoms with van der Waals surface area (Å²) in [4.78, 5) is 17.2. The predicted octanol–water partition coefficient (Wildman–Crippen LogP) is 1.25. The first-order valence-corrected chi connectivity index (χ1v) is 7.97. The number of benzene rings is 1. The summed E-state index contributed by atoms with van der Waals surface area (Å²) in [7, 11) is 5.25. The maximum absolute atomic E-state index is 13.0. The number of rotatable bonds is 3. The second-order valence-electron chi connectivity index (χ2n) is 6.10. The van der Waals surface area contributed by atoms with Gasteiger partial charge in [-0.25, -0.2) is 0 Å². The fourth-order valence-electron chi connectivity index (χ4n) is 3.42. The van der Waals surface area contributed by atoms with E-state index in [0.29, 0.717) is 30.2 Å². The van der Waals surface area contributed by atoms with Gasteiger partial charge in [0.05, 0.1) is 33.0 Å². The van der Waals surface area contributed by atoms with Gasteiger partial charge < -0.3 is 24.0 Å². The number of likely N-dealkylation sites (tertiary alicyclic amines) is 1. The van der Waals surface area contributed by atoms with Crippen molar-refractivity contribution in [2.75, 3.05) is 47.5 Å². The van der Waals surface area contributed by atoms with Gasteiger partial charge in [-0.05, 0) is 31.7 Å². The summed E-state index contributed by atoms with van der Waals surface area (Å²) in [6.07, 6.45) is 1.11. The van der Waals surface area contributed by atoms with Crippen LogP contribution in [0.5, 0.6) is 11.5 Å². The van der Waals surface area contributed by atoms with Crippen LogP contribution in [0, 0.1) is 0 Å². The molecule has 2 aliphatic rings. The molecule has 6 nitrogen and oxygen atoms in total. The molecule has 0 radical (unpaired) electrons. The van der Waals surface area contributed by atoms with Crippen molar-refractivity contribution in [2.24, 2.45) is 0 Å². The van der Waals surface area contributed by atoms with Crippen molar-refractivity contribution in [2.45, 2.75) is 18.6 Å². The van der Waals surface area contributed by atoms with Crippen molar-refractivity contribution in [3.05, 3.63) is 23.8 Å². The Morgan fingerprint density at radius 2 is 2.00 bits per heavy atom. The zero-order chi connectivity index (χ0) is 16.4. The first kappa shape index (κ1) is 16.1. The van der Waals surface area contributed by atoms with E-state index in [-0.39, 0.29) is 18.1 Å². The van der Waals surface area contributed by atoms with E-state index in [1.54, 1.807) is 32.4 Å². The second kappa shape index (κ2) is 6.76. The van der Waals surface area contributed by atoms with Gasteiger partial charge in [-0.3, -0.25) is 4.79 Å². The smallest absolute Gasteiger partial charge is 0.254 e. The van der Waals surface area contributed by atoms with Gasteiger partial charge in [0.25, 0.3) is 5.91 Å². The standard InChI is InChI=1S/C17H24N2O4/c1-18-7-6-14-13(11-18)19(8-9-23-14)17(20)12-4-5-15(21-2)16(10-12)22-3/h4-5,10,13-14H,6-9,11H2,1-3H3/t13-,14+/m1/s1. The van der Waals surface area contributed by atoms with Crippen LogP contribution in [0.15, 0.2) is 18.2 Å². The van der Waals surface area contributed by atoms with Crippen molar-refractivity contribution >= 4 is 5.91 Å². The maximum atomic E-state index is 13.0. The number of fused-ring (bicyclic) bond motifs is 1. The number of carbonyl (C=O) groups is 1. The molecule has 1 amide bonds. The Hall–Kier alpha value is -1.79. The molecular weight excluding hydrogens is 296 g/mol. The van der Waals surface area contributed by atoms with Crippen molar-refractivity contribution < 1.29 is 19.0 Å². The Morgan fingerprint density at radius 3 is 2.74 bits per heavy atom. The fraction of sp³-hybridized carbons (Fsp3) is 0.588. The van der Waals surface area contributed by atoms with Crippen molar-refractivity contribution in [3.63, 3.8) is 0 Å². The lowest BCUT2D eigenvalue weighted by Gasteiger charge is -2.46. The first-order chi connectivity index (χ1) is 11.1. The average molecular weight is 320 g/mol. The minimum absolute atomic E-state index is 0.0274. The molecule has 2 heterocycles. The summed E-state index contributed by atoms with van der Waals surface area (Å²) < 4.78 is 16.4. The highest BCUT2D eigenvalue weighted by Crippen LogP contribution is 2.30. The number of carbonyl (C=O) groups excluding carboxylic acids is 1. The van der Waals surface area contributed by atoms with Crippen LogP contribution in [0.3, 0.4) is 0 Å². The Kier molecular flexibility index (Phi) is 4.73. The molecule has 2 atom stereocenters. The highest BCUT2D eigenvalue weighted by molar-refractivity contribution is 5.95. The number of ether oxygens (including phenoxy) is 3. The van der Waals surface area contributed by atoms with Gasteiger partial charge >= 0.3 is 0 Å². The molecule has 0 N–H and O–H groups in total. The second-order valence-corrected chi connectivity index (χ2v) is 6.10. The molecule has 0 saturated carbocycles. The molecule has 3 rings (SSSR count). The number of methoxy groups -OCH3 is 2. The molecule has 2 saturated heterocycles. The van der Waals surface area contributed by atoms with E-state index >= 15 is 0 Å². The third-order valence-electron chi connectivity index (χ3n) is 4.68. The first-order valence-electron chi connectivity index (χ1n) is 7.97. The van der Waals surface area contributed by atoms with Crippen LogP contribution in [0.2, 0.25) is 0 Å². The molecule has 0 spiro atoms. The number of hydrogen-bond acceptors (Lipinski definition) is 5. The van der Waals surface area contributed by atoms with Crippen LogP contribution in [-0.4, -0.2) is 75.4 Å². The number of likely N-dealkylation sites (N-methyl/N-ethyl adjacent to an activating group) is 1. The number of nitrogens with zero attached hydrogens (tertiary/aromatic N) is 2. The highest BCUT2D eigenvalue weighted by Gasteiger charge is 2.38. The predicted molar refractivity (Wildman–Crippen MR) is 86.2 cm³/mol. The molecule has 1 aromatic rings. The lowest BCUT2D eigenvalue weighted by atomic mass is 9.98. The highest BCUT2D eigenvalue weighted by atomic mass is 16.5. The summed E-state index contributed by atoms with van der Waals surface area (Å²) in [5, 5.41) is 0. The van der Waals surface area contributed by atoms with Crippen molar-refractivity contribution in [1.29, 1.82) is 0 Å². The fourth-order valence-corrected chi connectivity index (χ4v) is 3.42. The Bertz CT molecular complexity index is 578. The summed E-state index contributed by atoms with van der Waals surface area (Å²) in [5.41, 5.74) is 0.622. The van der Waals surface area contributed by atoms with E-state index in [1.807, 2.05) is 4.90 Å². The van der Waals surface area contributed by atoms with E-state index in [0.717, 1.165) is 19.5 Å². The van der Waals surface area contributed by atoms with Crippen LogP contribution < -0.4 is 9.47 Å². The van der Waals surface area contributed by atoms with Crippen LogP contribution >= 0.6 is 0 Å². The van der Waals surface area contributed by atoms with E-state index in [2.05, 4.69) is 11.9 Å². The molecule has 0 bridgehead atoms. The molecule has 23 heavy (non-hydrogen) atoms. The number of hydrogen-bond donors (Lipinski definition) is 0. The van der Waals surface area contributed by atoms with Gasteiger partial charge in [-0.1, -0.05) is 0 Å². The van der Waals surface area contributed by atoms with E-state index in [4.69, 9.17) is 14.2 Å². The molecule has 0 aromatic heterocycles. The average Bonchev–Trinajstić information content (AvgIpc) is 2.59. The Labute approximate surface area is 136 Å². The van der Waals surface area contributed by atoms with E-state index in [1.165, 1.54) is 0 Å². The molecule has 2 fully saturated rings. The Balaban J connectivity index is 1.83. The van der Waals surface area contributed by atoms with Gasteiger partial charge in [0.1, 0.15) is 0 Å². The SMILES string of the molecule is COc1ccc(C(=O)N2CCO[C@H]3CCN(C)C[C@H]32)cc1OC. The molecular formula is C17H24N2O4. The zero-order valence-corrected chi connectivity index (χ0v) is 13.9. The molecule has 1 aromatic carbocycles. The quantitative estimate of drug-likeness (QED) is 0.839. The minimum Gasteiger partial charge on any atom is -0.493 e. The topological polar surface area (TPSA) is 51.2 Å². The van der Waals surface area contributed by atoms with Gasteiger partial charge in [-0.15, -0.1) is 0 Å². The third kappa shape index (κ3) is 3.14. The minimum atomic E-state index is 0.0274. The Morgan fingerprint density at radius 1 is 1.22 bits per heavy atom. The largest absolute Gasteiger partial charge is 0.493 e. The lowest BCUT2D eigenvalue weighted by Crippen LogP contribution is -2.60. The summed E-state index contributed by atoms with van der Waals surface area (Å²) in [5.74, 6) is 1.23. The van der Waals surface area contributed by atoms with Gasteiger partial charge in [-0.2, -0.15) is 0 Å².